The van der Waals surface area contributed by atoms with Crippen molar-refractivity contribution >= 4 is 17.3 Å². The van der Waals surface area contributed by atoms with E-state index >= 15 is 0 Å². The lowest BCUT2D eigenvalue weighted by Gasteiger charge is -2.32. The summed E-state index contributed by atoms with van der Waals surface area (Å²) in [4.78, 5) is 4.91. The maximum atomic E-state index is 6.12. The first kappa shape index (κ1) is 14.6. The van der Waals surface area contributed by atoms with Crippen molar-refractivity contribution in [1.82, 2.24) is 4.90 Å². The van der Waals surface area contributed by atoms with E-state index in [0.717, 1.165) is 24.5 Å². The van der Waals surface area contributed by atoms with Crippen LogP contribution in [0.2, 0.25) is 5.02 Å². The Kier molecular flexibility index (Phi) is 5.08. The summed E-state index contributed by atoms with van der Waals surface area (Å²) in [6, 6.07) is 6.71. The molecule has 2 N–H and O–H groups in total. The molecule has 4 heteroatoms. The normalized spacial score (nSPS) is 21.5. The maximum absolute atomic E-state index is 6.12. The lowest BCUT2D eigenvalue weighted by molar-refractivity contribution is 0.337. The highest BCUT2D eigenvalue weighted by atomic mass is 35.5. The van der Waals surface area contributed by atoms with Gasteiger partial charge in [0.1, 0.15) is 0 Å². The molecule has 0 bridgehead atoms. The molecule has 1 saturated heterocycles. The fourth-order valence-electron chi connectivity index (χ4n) is 2.92. The van der Waals surface area contributed by atoms with E-state index in [2.05, 4.69) is 35.9 Å². The minimum atomic E-state index is 0.519. The molecule has 0 saturated carbocycles. The predicted octanol–water partition coefficient (Wildman–Crippen LogP) is 2.37. The van der Waals surface area contributed by atoms with Crippen LogP contribution >= 0.6 is 11.6 Å². The number of benzene rings is 1. The van der Waals surface area contributed by atoms with E-state index in [1.54, 1.807) is 0 Å². The first-order valence-electron chi connectivity index (χ1n) is 7.05. The van der Waals surface area contributed by atoms with Gasteiger partial charge in [-0.1, -0.05) is 11.6 Å². The third-order valence-electron chi connectivity index (χ3n) is 3.81. The Hall–Kier alpha value is -0.770. The number of anilines is 1. The maximum Gasteiger partial charge on any atom is 0.0410 e. The van der Waals surface area contributed by atoms with Crippen LogP contribution in [0.15, 0.2) is 18.2 Å². The van der Waals surface area contributed by atoms with Crippen LogP contribution in [0.5, 0.6) is 0 Å². The van der Waals surface area contributed by atoms with Crippen LogP contribution in [0, 0.1) is 0 Å². The molecule has 3 nitrogen and oxygen atoms in total. The lowest BCUT2D eigenvalue weighted by atomic mass is 10.1. The average molecular weight is 282 g/mol. The minimum absolute atomic E-state index is 0.519. The summed E-state index contributed by atoms with van der Waals surface area (Å²) >= 11 is 6.12. The Morgan fingerprint density at radius 2 is 2.16 bits per heavy atom. The summed E-state index contributed by atoms with van der Waals surface area (Å²) in [6.45, 7) is 6.33. The summed E-state index contributed by atoms with van der Waals surface area (Å²) in [5, 5.41) is 0.798. The molecule has 106 valence electrons. The van der Waals surface area contributed by atoms with Crippen molar-refractivity contribution in [2.24, 2.45) is 5.73 Å². The van der Waals surface area contributed by atoms with E-state index in [9.17, 15) is 0 Å². The fraction of sp³-hybridized carbons (Fsp3) is 0.600. The first-order chi connectivity index (χ1) is 9.11. The van der Waals surface area contributed by atoms with Crippen molar-refractivity contribution in [3.05, 3.63) is 28.8 Å². The molecule has 0 radical (unpaired) electrons. The van der Waals surface area contributed by atoms with E-state index in [-0.39, 0.29) is 0 Å². The average Bonchev–Trinajstić information content (AvgIpc) is 2.51. The molecule has 1 aromatic rings. The third-order valence-corrected chi connectivity index (χ3v) is 4.05. The molecule has 1 fully saturated rings. The van der Waals surface area contributed by atoms with E-state index in [1.165, 1.54) is 24.2 Å². The van der Waals surface area contributed by atoms with Gasteiger partial charge in [0.15, 0.2) is 0 Å². The molecule has 1 aromatic carbocycles. The van der Waals surface area contributed by atoms with E-state index in [4.69, 9.17) is 17.3 Å². The van der Waals surface area contributed by atoms with Crippen LogP contribution in [-0.2, 0) is 6.42 Å². The Morgan fingerprint density at radius 3 is 2.89 bits per heavy atom. The van der Waals surface area contributed by atoms with Crippen molar-refractivity contribution in [3.8, 4) is 0 Å². The summed E-state index contributed by atoms with van der Waals surface area (Å²) in [6.07, 6.45) is 2.08. The smallest absolute Gasteiger partial charge is 0.0410 e. The molecule has 1 atom stereocenters. The van der Waals surface area contributed by atoms with E-state index < -0.39 is 0 Å². The van der Waals surface area contributed by atoms with Gasteiger partial charge in [-0.2, -0.15) is 0 Å². The molecule has 0 amide bonds. The molecular weight excluding hydrogens is 258 g/mol. The molecule has 1 heterocycles. The molecular formula is C15H24ClN3. The van der Waals surface area contributed by atoms with Crippen molar-refractivity contribution in [2.75, 3.05) is 38.1 Å². The van der Waals surface area contributed by atoms with Gasteiger partial charge in [0.05, 0.1) is 0 Å². The van der Waals surface area contributed by atoms with Gasteiger partial charge < -0.3 is 15.5 Å². The third kappa shape index (κ3) is 3.62. The molecule has 1 aliphatic rings. The topological polar surface area (TPSA) is 32.5 Å². The van der Waals surface area contributed by atoms with Crippen molar-refractivity contribution in [3.63, 3.8) is 0 Å². The van der Waals surface area contributed by atoms with Crippen LogP contribution in [0.3, 0.4) is 0 Å². The second-order valence-corrected chi connectivity index (χ2v) is 5.91. The summed E-state index contributed by atoms with van der Waals surface area (Å²) in [5.41, 5.74) is 8.30. The Bertz CT molecular complexity index is 422. The Labute approximate surface area is 121 Å². The van der Waals surface area contributed by atoms with Crippen LogP contribution < -0.4 is 10.6 Å². The largest absolute Gasteiger partial charge is 0.367 e. The fourth-order valence-corrected chi connectivity index (χ4v) is 3.11. The van der Waals surface area contributed by atoms with Crippen LogP contribution in [-0.4, -0.2) is 44.2 Å². The second kappa shape index (κ2) is 6.60. The molecule has 0 aromatic heterocycles. The number of hydrogen-bond donors (Lipinski definition) is 1. The molecule has 19 heavy (non-hydrogen) atoms. The summed E-state index contributed by atoms with van der Waals surface area (Å²) in [5.74, 6) is 0. The zero-order chi connectivity index (χ0) is 13.8. The van der Waals surface area contributed by atoms with Crippen LogP contribution in [0.4, 0.5) is 5.69 Å². The van der Waals surface area contributed by atoms with Gasteiger partial charge in [-0.15, -0.1) is 0 Å². The highest BCUT2D eigenvalue weighted by molar-refractivity contribution is 6.30. The number of rotatable bonds is 3. The highest BCUT2D eigenvalue weighted by Crippen LogP contribution is 2.27. The molecule has 1 aliphatic heterocycles. The van der Waals surface area contributed by atoms with Gasteiger partial charge in [-0.25, -0.2) is 0 Å². The molecule has 0 spiro atoms. The number of hydrogen-bond acceptors (Lipinski definition) is 3. The number of nitrogens with two attached hydrogens (primary N) is 1. The number of nitrogens with zero attached hydrogens (tertiary/aromatic N) is 2. The van der Waals surface area contributed by atoms with Crippen molar-refractivity contribution in [1.29, 1.82) is 0 Å². The second-order valence-electron chi connectivity index (χ2n) is 5.47. The van der Waals surface area contributed by atoms with Crippen molar-refractivity contribution < 1.29 is 0 Å². The van der Waals surface area contributed by atoms with Gasteiger partial charge >= 0.3 is 0 Å². The van der Waals surface area contributed by atoms with Gasteiger partial charge in [-0.3, -0.25) is 0 Å². The first-order valence-corrected chi connectivity index (χ1v) is 7.43. The zero-order valence-electron chi connectivity index (χ0n) is 11.9. The SMILES string of the molecule is CC1CN(C)CCCN1c1ccc(Cl)cc1CCN. The quantitative estimate of drug-likeness (QED) is 0.923. The van der Waals surface area contributed by atoms with Crippen molar-refractivity contribution in [2.45, 2.75) is 25.8 Å². The standard InChI is InChI=1S/C15H24ClN3/c1-12-11-18(2)8-3-9-19(12)15-5-4-14(16)10-13(15)6-7-17/h4-5,10,12H,3,6-9,11,17H2,1-2H3. The number of halogens is 1. The highest BCUT2D eigenvalue weighted by Gasteiger charge is 2.21. The monoisotopic (exact) mass is 281 g/mol. The Morgan fingerprint density at radius 1 is 1.37 bits per heavy atom. The van der Waals surface area contributed by atoms with Gasteiger partial charge in [0, 0.05) is 29.8 Å². The summed E-state index contributed by atoms with van der Waals surface area (Å²) < 4.78 is 0. The molecule has 2 rings (SSSR count). The van der Waals surface area contributed by atoms with Gasteiger partial charge in [-0.05, 0) is 63.7 Å². The molecule has 1 unspecified atom stereocenters. The Balaban J connectivity index is 2.28. The van der Waals surface area contributed by atoms with Gasteiger partial charge in [0.2, 0.25) is 0 Å². The number of likely N-dealkylation sites (N-methyl/N-ethyl adjacent to an activating group) is 1. The lowest BCUT2D eigenvalue weighted by Crippen LogP contribution is -2.38. The molecule has 0 aliphatic carbocycles. The minimum Gasteiger partial charge on any atom is -0.367 e. The van der Waals surface area contributed by atoms with Crippen LogP contribution in [0.1, 0.15) is 18.9 Å². The van der Waals surface area contributed by atoms with E-state index in [1.807, 2.05) is 6.07 Å². The predicted molar refractivity (Wildman–Crippen MR) is 83.1 cm³/mol. The van der Waals surface area contributed by atoms with Gasteiger partial charge in [0.25, 0.3) is 0 Å². The zero-order valence-corrected chi connectivity index (χ0v) is 12.7. The van der Waals surface area contributed by atoms with Crippen LogP contribution in [0.25, 0.3) is 0 Å². The summed E-state index contributed by atoms with van der Waals surface area (Å²) in [7, 11) is 2.20. The van der Waals surface area contributed by atoms with E-state index in [0.29, 0.717) is 12.6 Å².